The molecule has 3 rings (SSSR count). The third kappa shape index (κ3) is 3.86. The molecule has 5 heteroatoms. The van der Waals surface area contributed by atoms with Crippen LogP contribution in [0.4, 0.5) is 0 Å². The van der Waals surface area contributed by atoms with Crippen molar-refractivity contribution in [3.05, 3.63) is 42.1 Å². The minimum absolute atomic E-state index is 0.261. The zero-order valence-corrected chi connectivity index (χ0v) is 14.7. The molecule has 0 saturated carbocycles. The zero-order valence-electron chi connectivity index (χ0n) is 14.7. The van der Waals surface area contributed by atoms with Crippen LogP contribution in [0.15, 0.2) is 36.5 Å². The number of benzene rings is 1. The summed E-state index contributed by atoms with van der Waals surface area (Å²) in [5.41, 5.74) is 3.55. The molecule has 0 aliphatic carbocycles. The minimum atomic E-state index is 0.261. The Morgan fingerprint density at radius 2 is 1.83 bits per heavy atom. The number of rotatable bonds is 6. The van der Waals surface area contributed by atoms with Gasteiger partial charge in [-0.3, -0.25) is 14.5 Å². The van der Waals surface area contributed by atoms with E-state index in [4.69, 9.17) is 0 Å². The van der Waals surface area contributed by atoms with Gasteiger partial charge in [-0.2, -0.15) is 5.10 Å². The van der Waals surface area contributed by atoms with Crippen LogP contribution in [-0.2, 0) is 13.6 Å². The zero-order chi connectivity index (χ0) is 16.9. The molecule has 1 atom stereocenters. The van der Waals surface area contributed by atoms with Crippen LogP contribution in [0.5, 0.6) is 0 Å². The van der Waals surface area contributed by atoms with Crippen molar-refractivity contribution in [1.29, 1.82) is 0 Å². The highest BCUT2D eigenvalue weighted by Gasteiger charge is 2.23. The summed E-state index contributed by atoms with van der Waals surface area (Å²) in [4.78, 5) is 4.90. The summed E-state index contributed by atoms with van der Waals surface area (Å²) in [7, 11) is 1.99. The van der Waals surface area contributed by atoms with Crippen molar-refractivity contribution >= 4 is 0 Å². The van der Waals surface area contributed by atoms with Crippen molar-refractivity contribution in [3.8, 4) is 11.3 Å². The fourth-order valence-electron chi connectivity index (χ4n) is 3.52. The van der Waals surface area contributed by atoms with Gasteiger partial charge in [-0.05, 0) is 6.42 Å². The predicted molar refractivity (Wildman–Crippen MR) is 96.7 cm³/mol. The highest BCUT2D eigenvalue weighted by atomic mass is 16.3. The first-order valence-electron chi connectivity index (χ1n) is 8.86. The van der Waals surface area contributed by atoms with Crippen molar-refractivity contribution in [1.82, 2.24) is 19.6 Å². The van der Waals surface area contributed by atoms with E-state index in [-0.39, 0.29) is 6.61 Å². The Morgan fingerprint density at radius 3 is 2.46 bits per heavy atom. The number of aliphatic hydroxyl groups excluding tert-OH is 1. The minimum Gasteiger partial charge on any atom is -0.395 e. The smallest absolute Gasteiger partial charge is 0.0968 e. The van der Waals surface area contributed by atoms with Gasteiger partial charge in [-0.1, -0.05) is 37.3 Å². The van der Waals surface area contributed by atoms with Gasteiger partial charge in [0.1, 0.15) is 0 Å². The quantitative estimate of drug-likeness (QED) is 0.881. The Kier molecular flexibility index (Phi) is 5.66. The molecule has 130 valence electrons. The van der Waals surface area contributed by atoms with E-state index in [0.29, 0.717) is 6.04 Å². The van der Waals surface area contributed by atoms with E-state index in [0.717, 1.165) is 44.8 Å². The lowest BCUT2D eigenvalue weighted by Gasteiger charge is -2.38. The number of hydrogen-bond acceptors (Lipinski definition) is 4. The standard InChI is InChI=1S/C19H28N4O/c1-3-18(15-24)23-11-9-22(10-12-23)14-17-13-21(2)20-19(17)16-7-5-4-6-8-16/h4-8,13,18,24H,3,9-12,14-15H2,1-2H3/t18-/m0/s1. The van der Waals surface area contributed by atoms with Crippen LogP contribution >= 0.6 is 0 Å². The molecule has 1 N–H and O–H groups in total. The summed E-state index contributed by atoms with van der Waals surface area (Å²) in [5, 5.41) is 14.1. The number of aromatic nitrogens is 2. The largest absolute Gasteiger partial charge is 0.395 e. The van der Waals surface area contributed by atoms with E-state index < -0.39 is 0 Å². The number of piperazine rings is 1. The van der Waals surface area contributed by atoms with Gasteiger partial charge in [-0.15, -0.1) is 0 Å². The summed E-state index contributed by atoms with van der Waals surface area (Å²) in [6.07, 6.45) is 3.15. The van der Waals surface area contributed by atoms with Crippen LogP contribution in [0.3, 0.4) is 0 Å². The summed E-state index contributed by atoms with van der Waals surface area (Å²) in [5.74, 6) is 0. The molecule has 1 fully saturated rings. The van der Waals surface area contributed by atoms with Gasteiger partial charge < -0.3 is 5.11 Å². The van der Waals surface area contributed by atoms with Crippen molar-refractivity contribution in [2.24, 2.45) is 7.05 Å². The van der Waals surface area contributed by atoms with Crippen LogP contribution in [-0.4, -0.2) is 63.5 Å². The van der Waals surface area contributed by atoms with Crippen LogP contribution in [0, 0.1) is 0 Å². The fourth-order valence-corrected chi connectivity index (χ4v) is 3.52. The lowest BCUT2D eigenvalue weighted by molar-refractivity contribution is 0.0609. The van der Waals surface area contributed by atoms with Crippen molar-refractivity contribution < 1.29 is 5.11 Å². The Labute approximate surface area is 144 Å². The van der Waals surface area contributed by atoms with Crippen LogP contribution in [0.2, 0.25) is 0 Å². The topological polar surface area (TPSA) is 44.5 Å². The molecule has 2 aromatic rings. The molecule has 0 unspecified atom stereocenters. The summed E-state index contributed by atoms with van der Waals surface area (Å²) < 4.78 is 1.91. The first kappa shape index (κ1) is 17.1. The molecule has 0 bridgehead atoms. The monoisotopic (exact) mass is 328 g/mol. The fraction of sp³-hybridized carbons (Fsp3) is 0.526. The normalized spacial score (nSPS) is 18.0. The van der Waals surface area contributed by atoms with E-state index in [1.807, 2.05) is 17.8 Å². The molecular weight excluding hydrogens is 300 g/mol. The lowest BCUT2D eigenvalue weighted by Crippen LogP contribution is -2.50. The van der Waals surface area contributed by atoms with E-state index in [2.05, 4.69) is 52.3 Å². The second kappa shape index (κ2) is 7.92. The molecule has 5 nitrogen and oxygen atoms in total. The van der Waals surface area contributed by atoms with Gasteiger partial charge in [0, 0.05) is 63.1 Å². The van der Waals surface area contributed by atoms with Crippen molar-refractivity contribution in [3.63, 3.8) is 0 Å². The number of aliphatic hydroxyl groups is 1. The molecule has 0 radical (unpaired) electrons. The Balaban J connectivity index is 1.66. The second-order valence-electron chi connectivity index (χ2n) is 6.60. The highest BCUT2D eigenvalue weighted by molar-refractivity contribution is 5.62. The molecule has 0 spiro atoms. The van der Waals surface area contributed by atoms with Gasteiger partial charge in [-0.25, -0.2) is 0 Å². The number of nitrogens with zero attached hydrogens (tertiary/aromatic N) is 4. The molecular formula is C19H28N4O. The van der Waals surface area contributed by atoms with Gasteiger partial charge in [0.25, 0.3) is 0 Å². The third-order valence-corrected chi connectivity index (χ3v) is 4.95. The van der Waals surface area contributed by atoms with Gasteiger partial charge in [0.15, 0.2) is 0 Å². The summed E-state index contributed by atoms with van der Waals surface area (Å²) in [6.45, 7) is 7.48. The highest BCUT2D eigenvalue weighted by Crippen LogP contribution is 2.23. The second-order valence-corrected chi connectivity index (χ2v) is 6.60. The molecule has 1 saturated heterocycles. The predicted octanol–water partition coefficient (Wildman–Crippen LogP) is 1.98. The van der Waals surface area contributed by atoms with Crippen molar-refractivity contribution in [2.75, 3.05) is 32.8 Å². The summed E-state index contributed by atoms with van der Waals surface area (Å²) >= 11 is 0. The average Bonchev–Trinajstić information content (AvgIpc) is 2.98. The van der Waals surface area contributed by atoms with E-state index in [9.17, 15) is 5.11 Å². The van der Waals surface area contributed by atoms with Gasteiger partial charge in [0.05, 0.1) is 12.3 Å². The van der Waals surface area contributed by atoms with Crippen LogP contribution in [0.1, 0.15) is 18.9 Å². The van der Waals surface area contributed by atoms with E-state index in [1.165, 1.54) is 11.1 Å². The van der Waals surface area contributed by atoms with Crippen molar-refractivity contribution in [2.45, 2.75) is 25.9 Å². The molecule has 1 aromatic heterocycles. The molecule has 1 aromatic carbocycles. The van der Waals surface area contributed by atoms with Gasteiger partial charge in [0.2, 0.25) is 0 Å². The third-order valence-electron chi connectivity index (χ3n) is 4.95. The molecule has 24 heavy (non-hydrogen) atoms. The van der Waals surface area contributed by atoms with Gasteiger partial charge >= 0.3 is 0 Å². The average molecular weight is 328 g/mol. The molecule has 2 heterocycles. The molecule has 1 aliphatic rings. The molecule has 1 aliphatic heterocycles. The summed E-state index contributed by atoms with van der Waals surface area (Å²) in [6, 6.07) is 10.7. The SMILES string of the molecule is CC[C@@H](CO)N1CCN(Cc2cn(C)nc2-c2ccccc2)CC1. The maximum atomic E-state index is 9.48. The first-order chi connectivity index (χ1) is 11.7. The Hall–Kier alpha value is -1.69. The lowest BCUT2D eigenvalue weighted by atomic mass is 10.1. The van der Waals surface area contributed by atoms with E-state index in [1.54, 1.807) is 0 Å². The number of aryl methyl sites for hydroxylation is 1. The Morgan fingerprint density at radius 1 is 1.12 bits per heavy atom. The number of hydrogen-bond donors (Lipinski definition) is 1. The van der Waals surface area contributed by atoms with Crippen LogP contribution in [0.25, 0.3) is 11.3 Å². The maximum absolute atomic E-state index is 9.48. The maximum Gasteiger partial charge on any atom is 0.0968 e. The van der Waals surface area contributed by atoms with E-state index >= 15 is 0 Å². The van der Waals surface area contributed by atoms with Crippen LogP contribution < -0.4 is 0 Å². The molecule has 0 amide bonds. The Bertz CT molecular complexity index is 628. The first-order valence-corrected chi connectivity index (χ1v) is 8.86.